The number of rotatable bonds is 4. The first-order valence-corrected chi connectivity index (χ1v) is 8.06. The average Bonchev–Trinajstić information content (AvgIpc) is 2.86. The molecule has 122 valence electrons. The van der Waals surface area contributed by atoms with E-state index in [0.717, 1.165) is 11.9 Å². The lowest BCUT2D eigenvalue weighted by atomic mass is 9.91. The van der Waals surface area contributed by atoms with Crippen LogP contribution in [0.3, 0.4) is 0 Å². The number of aryl methyl sites for hydroxylation is 1. The predicted molar refractivity (Wildman–Crippen MR) is 89.4 cm³/mol. The fourth-order valence-corrected chi connectivity index (χ4v) is 3.54. The van der Waals surface area contributed by atoms with Crippen LogP contribution in [0.2, 0.25) is 0 Å². The molecule has 3 rings (SSSR count). The molecule has 1 aromatic heterocycles. The second kappa shape index (κ2) is 5.49. The molecule has 0 spiro atoms. The van der Waals surface area contributed by atoms with Gasteiger partial charge < -0.3 is 14.6 Å². The first-order chi connectivity index (χ1) is 11.0. The fraction of sp³-hybridized carbons (Fsp3) is 0.444. The lowest BCUT2D eigenvalue weighted by Crippen LogP contribution is -2.48. The van der Waals surface area contributed by atoms with Gasteiger partial charge >= 0.3 is 0 Å². The lowest BCUT2D eigenvalue weighted by Gasteiger charge is -2.36. The second-order valence-corrected chi connectivity index (χ2v) is 6.06. The highest BCUT2D eigenvalue weighted by molar-refractivity contribution is 6.02. The summed E-state index contributed by atoms with van der Waals surface area (Å²) in [6.45, 7) is 6.43. The monoisotopic (exact) mass is 314 g/mol. The van der Waals surface area contributed by atoms with Crippen molar-refractivity contribution in [2.75, 3.05) is 6.61 Å². The van der Waals surface area contributed by atoms with Gasteiger partial charge in [0.25, 0.3) is 5.91 Å². The number of benzene rings is 1. The predicted octanol–water partition coefficient (Wildman–Crippen LogP) is 2.52. The number of para-hydroxylation sites is 1. The Morgan fingerprint density at radius 2 is 1.96 bits per heavy atom. The van der Waals surface area contributed by atoms with Crippen LogP contribution in [0, 0.1) is 5.92 Å². The van der Waals surface area contributed by atoms with Gasteiger partial charge in [0.05, 0.1) is 11.2 Å². The van der Waals surface area contributed by atoms with Gasteiger partial charge in [-0.3, -0.25) is 9.59 Å². The molecule has 0 aliphatic carbocycles. The number of nitrogens with one attached hydrogen (secondary N) is 1. The summed E-state index contributed by atoms with van der Waals surface area (Å²) in [6.07, 6.45) is 0.820. The standard InChI is InChI=1S/C18H22N2O3/c1-5-11(3)18(23-6-2)16-14(17(22)19-18)15(21)12-9-7-8-10-13(12)20(16)4/h7-11H,5-6H2,1-4H3,(H,19,22)/t11-,18+/m1/s1. The molecule has 5 nitrogen and oxygen atoms in total. The van der Waals surface area contributed by atoms with Gasteiger partial charge in [-0.1, -0.05) is 26.0 Å². The topological polar surface area (TPSA) is 60.3 Å². The maximum atomic E-state index is 12.9. The van der Waals surface area contributed by atoms with E-state index in [9.17, 15) is 9.59 Å². The summed E-state index contributed by atoms with van der Waals surface area (Å²) in [5.74, 6) is -0.306. The van der Waals surface area contributed by atoms with Crippen LogP contribution in [0.15, 0.2) is 29.1 Å². The highest BCUT2D eigenvalue weighted by atomic mass is 16.5. The van der Waals surface area contributed by atoms with Crippen molar-refractivity contribution in [1.29, 1.82) is 0 Å². The largest absolute Gasteiger partial charge is 0.350 e. The molecule has 0 saturated carbocycles. The third-order valence-corrected chi connectivity index (χ3v) is 4.87. The molecule has 2 aromatic rings. The SMILES string of the molecule is CCO[C@]1([C@H](C)CC)NC(=O)c2c1n(C)c1ccccc1c2=O. The molecule has 2 atom stereocenters. The number of hydrogen-bond acceptors (Lipinski definition) is 3. The Labute approximate surface area is 135 Å². The molecule has 23 heavy (non-hydrogen) atoms. The Morgan fingerprint density at radius 3 is 2.61 bits per heavy atom. The Kier molecular flexibility index (Phi) is 3.76. The summed E-state index contributed by atoms with van der Waals surface area (Å²) in [6, 6.07) is 7.36. The van der Waals surface area contributed by atoms with Crippen molar-refractivity contribution < 1.29 is 9.53 Å². The first kappa shape index (κ1) is 15.7. The Balaban J connectivity index is 2.44. The van der Waals surface area contributed by atoms with E-state index in [1.807, 2.05) is 43.7 Å². The van der Waals surface area contributed by atoms with Crippen LogP contribution in [0.5, 0.6) is 0 Å². The normalized spacial score (nSPS) is 21.3. The second-order valence-electron chi connectivity index (χ2n) is 6.06. The molecular weight excluding hydrogens is 292 g/mol. The van der Waals surface area contributed by atoms with Gasteiger partial charge in [-0.15, -0.1) is 0 Å². The van der Waals surface area contributed by atoms with E-state index in [0.29, 0.717) is 17.7 Å². The van der Waals surface area contributed by atoms with Crippen LogP contribution < -0.4 is 10.7 Å². The van der Waals surface area contributed by atoms with E-state index in [-0.39, 0.29) is 22.8 Å². The summed E-state index contributed by atoms with van der Waals surface area (Å²) in [7, 11) is 1.89. The van der Waals surface area contributed by atoms with Gasteiger partial charge in [-0.05, 0) is 25.5 Å². The van der Waals surface area contributed by atoms with Gasteiger partial charge in [-0.2, -0.15) is 0 Å². The molecule has 0 fully saturated rings. The van der Waals surface area contributed by atoms with Crippen molar-refractivity contribution >= 4 is 16.8 Å². The number of amides is 1. The number of pyridine rings is 1. The van der Waals surface area contributed by atoms with Crippen LogP contribution in [0.25, 0.3) is 10.9 Å². The highest BCUT2D eigenvalue weighted by Gasteiger charge is 2.50. The minimum Gasteiger partial charge on any atom is -0.350 e. The van der Waals surface area contributed by atoms with E-state index in [1.54, 1.807) is 6.07 Å². The number of ether oxygens (including phenoxy) is 1. The molecule has 1 aliphatic heterocycles. The molecule has 1 aliphatic rings. The molecule has 1 aromatic carbocycles. The molecule has 0 unspecified atom stereocenters. The molecule has 5 heteroatoms. The summed E-state index contributed by atoms with van der Waals surface area (Å²) >= 11 is 0. The lowest BCUT2D eigenvalue weighted by molar-refractivity contribution is -0.102. The number of fused-ring (bicyclic) bond motifs is 2. The minimum atomic E-state index is -0.951. The van der Waals surface area contributed by atoms with E-state index < -0.39 is 5.72 Å². The van der Waals surface area contributed by atoms with Gasteiger partial charge in [0.15, 0.2) is 5.72 Å². The van der Waals surface area contributed by atoms with Gasteiger partial charge in [0.1, 0.15) is 5.56 Å². The van der Waals surface area contributed by atoms with Crippen LogP contribution in [0.4, 0.5) is 0 Å². The summed E-state index contributed by atoms with van der Waals surface area (Å²) in [4.78, 5) is 25.4. The molecule has 1 amide bonds. The zero-order chi connectivity index (χ0) is 16.8. The van der Waals surface area contributed by atoms with Crippen LogP contribution in [-0.4, -0.2) is 17.1 Å². The van der Waals surface area contributed by atoms with E-state index in [4.69, 9.17) is 4.74 Å². The Hall–Kier alpha value is -2.14. The van der Waals surface area contributed by atoms with Crippen molar-refractivity contribution in [1.82, 2.24) is 9.88 Å². The summed E-state index contributed by atoms with van der Waals surface area (Å²) in [5.41, 5.74) is 0.479. The average molecular weight is 314 g/mol. The first-order valence-electron chi connectivity index (χ1n) is 8.06. The van der Waals surface area contributed by atoms with Crippen molar-refractivity contribution in [2.45, 2.75) is 32.9 Å². The molecule has 0 radical (unpaired) electrons. The van der Waals surface area contributed by atoms with Gasteiger partial charge in [0.2, 0.25) is 5.43 Å². The molecule has 1 N–H and O–H groups in total. The third kappa shape index (κ3) is 2.03. The third-order valence-electron chi connectivity index (χ3n) is 4.87. The minimum absolute atomic E-state index is 0.0411. The van der Waals surface area contributed by atoms with Gasteiger partial charge in [-0.25, -0.2) is 0 Å². The van der Waals surface area contributed by atoms with E-state index >= 15 is 0 Å². The quantitative estimate of drug-likeness (QED) is 0.943. The number of nitrogens with zero attached hydrogens (tertiary/aromatic N) is 1. The van der Waals surface area contributed by atoms with Crippen LogP contribution >= 0.6 is 0 Å². The molecule has 0 bridgehead atoms. The zero-order valence-electron chi connectivity index (χ0n) is 14.0. The molecule has 2 heterocycles. The summed E-state index contributed by atoms with van der Waals surface area (Å²) in [5, 5.41) is 3.51. The van der Waals surface area contributed by atoms with Crippen molar-refractivity contribution in [3.05, 3.63) is 45.7 Å². The smallest absolute Gasteiger partial charge is 0.259 e. The Bertz CT molecular complexity index is 840. The zero-order valence-corrected chi connectivity index (χ0v) is 14.0. The van der Waals surface area contributed by atoms with E-state index in [2.05, 4.69) is 12.2 Å². The van der Waals surface area contributed by atoms with Gasteiger partial charge in [0, 0.05) is 25.0 Å². The summed E-state index contributed by atoms with van der Waals surface area (Å²) < 4.78 is 7.96. The van der Waals surface area contributed by atoms with Crippen molar-refractivity contribution in [3.8, 4) is 0 Å². The Morgan fingerprint density at radius 1 is 1.26 bits per heavy atom. The van der Waals surface area contributed by atoms with Crippen LogP contribution in [-0.2, 0) is 17.5 Å². The number of carbonyl (C=O) groups is 1. The van der Waals surface area contributed by atoms with E-state index in [1.165, 1.54) is 0 Å². The molecule has 0 saturated heterocycles. The number of hydrogen-bond donors (Lipinski definition) is 1. The van der Waals surface area contributed by atoms with Crippen molar-refractivity contribution in [2.24, 2.45) is 13.0 Å². The fourth-order valence-electron chi connectivity index (χ4n) is 3.54. The number of aromatic nitrogens is 1. The maximum absolute atomic E-state index is 12.9. The van der Waals surface area contributed by atoms with Crippen molar-refractivity contribution in [3.63, 3.8) is 0 Å². The number of carbonyl (C=O) groups excluding carboxylic acids is 1. The van der Waals surface area contributed by atoms with Crippen LogP contribution in [0.1, 0.15) is 43.2 Å². The maximum Gasteiger partial charge on any atom is 0.259 e. The molecular formula is C18H22N2O3. The highest BCUT2D eigenvalue weighted by Crippen LogP contribution is 2.39.